The number of rotatable bonds is 0. The van der Waals surface area contributed by atoms with E-state index in [9.17, 15) is 5.11 Å². The van der Waals surface area contributed by atoms with E-state index < -0.39 is 0 Å². The molecule has 21 heavy (non-hydrogen) atoms. The largest absolute Gasteiger partial charge is 0.393 e. The predicted molar refractivity (Wildman–Crippen MR) is 86.0 cm³/mol. The number of hydrogen-bond acceptors (Lipinski definition) is 2. The Morgan fingerprint density at radius 1 is 0.905 bits per heavy atom. The summed E-state index contributed by atoms with van der Waals surface area (Å²) in [7, 11) is 2.36. The zero-order chi connectivity index (χ0) is 14.8. The van der Waals surface area contributed by atoms with Crippen LogP contribution in [0.5, 0.6) is 0 Å². The summed E-state index contributed by atoms with van der Waals surface area (Å²) >= 11 is 0. The van der Waals surface area contributed by atoms with Crippen LogP contribution in [0.3, 0.4) is 0 Å². The first kappa shape index (κ1) is 14.5. The summed E-state index contributed by atoms with van der Waals surface area (Å²) < 4.78 is 0. The average Bonchev–Trinajstić information content (AvgIpc) is 2.75. The number of nitrogens with zero attached hydrogens (tertiary/aromatic N) is 1. The van der Waals surface area contributed by atoms with Gasteiger partial charge in [0.05, 0.1) is 6.10 Å². The molecule has 7 unspecified atom stereocenters. The molecule has 1 saturated heterocycles. The van der Waals surface area contributed by atoms with E-state index in [0.717, 1.165) is 30.2 Å². The van der Waals surface area contributed by atoms with Gasteiger partial charge in [-0.25, -0.2) is 0 Å². The van der Waals surface area contributed by atoms with E-state index in [1.807, 2.05) is 0 Å². The molecule has 1 N–H and O–H groups in total. The zero-order valence-electron chi connectivity index (χ0n) is 14.1. The summed E-state index contributed by atoms with van der Waals surface area (Å²) in [5, 5.41) is 10.5. The third kappa shape index (κ3) is 1.84. The van der Waals surface area contributed by atoms with Gasteiger partial charge < -0.3 is 10.0 Å². The molecule has 0 aromatic carbocycles. The van der Waals surface area contributed by atoms with Crippen molar-refractivity contribution in [1.29, 1.82) is 0 Å². The van der Waals surface area contributed by atoms with Crippen molar-refractivity contribution in [1.82, 2.24) is 4.90 Å². The summed E-state index contributed by atoms with van der Waals surface area (Å²) in [6.07, 6.45) is 10.6. The standard InChI is InChI=1S/C19H33NO/c1-18-10-4-12-20(3)16(18)7-5-13-14-6-8-17(21)19(14,2)11-9-15(13)18/h13-17,21H,4-12H2,1-3H3. The van der Waals surface area contributed by atoms with Gasteiger partial charge in [-0.15, -0.1) is 0 Å². The molecule has 0 aromatic heterocycles. The highest BCUT2D eigenvalue weighted by atomic mass is 16.3. The number of aliphatic hydroxyl groups is 1. The van der Waals surface area contributed by atoms with Crippen LogP contribution in [0.1, 0.15) is 65.2 Å². The molecule has 4 rings (SSSR count). The van der Waals surface area contributed by atoms with Gasteiger partial charge >= 0.3 is 0 Å². The van der Waals surface area contributed by atoms with Crippen molar-refractivity contribution in [2.24, 2.45) is 28.6 Å². The summed E-state index contributed by atoms with van der Waals surface area (Å²) in [6, 6.07) is 0.822. The lowest BCUT2D eigenvalue weighted by Crippen LogP contribution is -2.60. The van der Waals surface area contributed by atoms with Gasteiger partial charge in [0.2, 0.25) is 0 Å². The van der Waals surface area contributed by atoms with Gasteiger partial charge in [0.15, 0.2) is 0 Å². The van der Waals surface area contributed by atoms with Crippen molar-refractivity contribution in [3.05, 3.63) is 0 Å². The van der Waals surface area contributed by atoms with Crippen LogP contribution in [-0.4, -0.2) is 35.7 Å². The molecule has 3 saturated carbocycles. The Hall–Kier alpha value is -0.0800. The normalized spacial score (nSPS) is 57.4. The van der Waals surface area contributed by atoms with Gasteiger partial charge in [-0.05, 0) is 93.5 Å². The van der Waals surface area contributed by atoms with E-state index >= 15 is 0 Å². The molecule has 1 aliphatic heterocycles. The van der Waals surface area contributed by atoms with Crippen molar-refractivity contribution in [3.8, 4) is 0 Å². The van der Waals surface area contributed by atoms with Crippen LogP contribution in [0, 0.1) is 28.6 Å². The highest BCUT2D eigenvalue weighted by Gasteiger charge is 2.60. The first-order chi connectivity index (χ1) is 9.97. The molecule has 2 heteroatoms. The molecule has 4 aliphatic rings. The Labute approximate surface area is 130 Å². The monoisotopic (exact) mass is 291 g/mol. The highest BCUT2D eigenvalue weighted by Crippen LogP contribution is 2.64. The summed E-state index contributed by atoms with van der Waals surface area (Å²) in [4.78, 5) is 2.66. The van der Waals surface area contributed by atoms with Crippen LogP contribution in [-0.2, 0) is 0 Å². The third-order valence-corrected chi connectivity index (χ3v) is 8.53. The minimum atomic E-state index is -0.0250. The van der Waals surface area contributed by atoms with Gasteiger partial charge in [-0.2, -0.15) is 0 Å². The van der Waals surface area contributed by atoms with Crippen LogP contribution in [0.2, 0.25) is 0 Å². The maximum absolute atomic E-state index is 10.5. The lowest BCUT2D eigenvalue weighted by molar-refractivity contribution is -0.130. The Balaban J connectivity index is 1.65. The maximum atomic E-state index is 10.5. The second-order valence-electron chi connectivity index (χ2n) is 9.20. The minimum absolute atomic E-state index is 0.0250. The Morgan fingerprint density at radius 3 is 2.48 bits per heavy atom. The number of likely N-dealkylation sites (tertiary alicyclic amines) is 1. The fraction of sp³-hybridized carbons (Fsp3) is 1.00. The highest BCUT2D eigenvalue weighted by molar-refractivity contribution is 5.10. The Kier molecular flexibility index (Phi) is 3.25. The first-order valence-corrected chi connectivity index (χ1v) is 9.35. The fourth-order valence-electron chi connectivity index (χ4n) is 7.35. The third-order valence-electron chi connectivity index (χ3n) is 8.53. The molecule has 0 bridgehead atoms. The summed E-state index contributed by atoms with van der Waals surface area (Å²) in [5.41, 5.74) is 0.787. The van der Waals surface area contributed by atoms with E-state index in [1.165, 1.54) is 51.5 Å². The predicted octanol–water partition coefficient (Wildman–Crippen LogP) is 3.68. The van der Waals surface area contributed by atoms with E-state index in [-0.39, 0.29) is 11.5 Å². The Morgan fingerprint density at radius 2 is 1.67 bits per heavy atom. The summed E-state index contributed by atoms with van der Waals surface area (Å²) in [6.45, 7) is 6.31. The lowest BCUT2D eigenvalue weighted by Gasteiger charge is -2.61. The first-order valence-electron chi connectivity index (χ1n) is 9.35. The molecule has 0 aromatic rings. The number of fused-ring (bicyclic) bond motifs is 5. The van der Waals surface area contributed by atoms with Gasteiger partial charge in [-0.3, -0.25) is 0 Å². The van der Waals surface area contributed by atoms with Crippen molar-refractivity contribution in [3.63, 3.8) is 0 Å². The molecule has 4 fully saturated rings. The van der Waals surface area contributed by atoms with Crippen LogP contribution >= 0.6 is 0 Å². The zero-order valence-corrected chi connectivity index (χ0v) is 14.1. The quantitative estimate of drug-likeness (QED) is 0.736. The van der Waals surface area contributed by atoms with E-state index in [0.29, 0.717) is 5.41 Å². The average molecular weight is 291 g/mol. The Bertz CT molecular complexity index is 424. The van der Waals surface area contributed by atoms with Gasteiger partial charge in [0.25, 0.3) is 0 Å². The minimum Gasteiger partial charge on any atom is -0.393 e. The van der Waals surface area contributed by atoms with Crippen LogP contribution in [0.25, 0.3) is 0 Å². The van der Waals surface area contributed by atoms with Crippen molar-refractivity contribution < 1.29 is 5.11 Å². The van der Waals surface area contributed by atoms with Gasteiger partial charge in [0, 0.05) is 6.04 Å². The molecule has 0 spiro atoms. The van der Waals surface area contributed by atoms with Gasteiger partial charge in [-0.1, -0.05) is 13.8 Å². The SMILES string of the molecule is CN1CCCC2(C)C3CCC4(C)C(O)CCC4C3CCC12. The number of aliphatic hydroxyl groups excluding tert-OH is 1. The van der Waals surface area contributed by atoms with Crippen molar-refractivity contribution in [2.45, 2.75) is 77.4 Å². The second-order valence-corrected chi connectivity index (χ2v) is 9.20. The molecule has 0 radical (unpaired) electrons. The topological polar surface area (TPSA) is 23.5 Å². The molecular formula is C19H33NO. The number of piperidine rings is 1. The van der Waals surface area contributed by atoms with Crippen LogP contribution < -0.4 is 0 Å². The molecule has 0 amide bonds. The second kappa shape index (κ2) is 4.71. The molecule has 1 heterocycles. The smallest absolute Gasteiger partial charge is 0.0596 e. The molecular weight excluding hydrogens is 258 g/mol. The number of hydrogen-bond donors (Lipinski definition) is 1. The molecule has 7 atom stereocenters. The van der Waals surface area contributed by atoms with Crippen molar-refractivity contribution >= 4 is 0 Å². The molecule has 2 nitrogen and oxygen atoms in total. The van der Waals surface area contributed by atoms with Crippen LogP contribution in [0.4, 0.5) is 0 Å². The molecule has 120 valence electrons. The van der Waals surface area contributed by atoms with Gasteiger partial charge in [0.1, 0.15) is 0 Å². The van der Waals surface area contributed by atoms with Crippen molar-refractivity contribution in [2.75, 3.05) is 13.6 Å². The van der Waals surface area contributed by atoms with E-state index in [4.69, 9.17) is 0 Å². The molecule has 3 aliphatic carbocycles. The van der Waals surface area contributed by atoms with E-state index in [2.05, 4.69) is 25.8 Å². The maximum Gasteiger partial charge on any atom is 0.0596 e. The summed E-state index contributed by atoms with van der Waals surface area (Å²) in [5.74, 6) is 2.62. The van der Waals surface area contributed by atoms with Crippen LogP contribution in [0.15, 0.2) is 0 Å². The fourth-order valence-corrected chi connectivity index (χ4v) is 7.35. The lowest BCUT2D eigenvalue weighted by atomic mass is 9.47. The van der Waals surface area contributed by atoms with E-state index in [1.54, 1.807) is 0 Å².